The lowest BCUT2D eigenvalue weighted by atomic mass is 9.95. The van der Waals surface area contributed by atoms with E-state index in [0.29, 0.717) is 22.4 Å². The maximum atomic E-state index is 12.5. The summed E-state index contributed by atoms with van der Waals surface area (Å²) in [5.41, 5.74) is 0.511. The Balaban J connectivity index is 2.71. The van der Waals surface area contributed by atoms with Gasteiger partial charge in [0.25, 0.3) is 0 Å². The predicted octanol–water partition coefficient (Wildman–Crippen LogP) is 3.75. The molecule has 160 valence electrons. The number of aromatic nitrogens is 1. The molecule has 0 radical (unpaired) electrons. The van der Waals surface area contributed by atoms with E-state index >= 15 is 0 Å². The molecule has 2 rings (SSSR count). The zero-order valence-corrected chi connectivity index (χ0v) is 18.1. The lowest BCUT2D eigenvalue weighted by molar-refractivity contribution is -0.155. The highest BCUT2D eigenvalue weighted by Crippen LogP contribution is 2.35. The molecule has 0 fully saturated rings. The van der Waals surface area contributed by atoms with Crippen LogP contribution in [0.2, 0.25) is 0 Å². The molecular weight excluding hydrogens is 398 g/mol. The Bertz CT molecular complexity index is 1070. The van der Waals surface area contributed by atoms with E-state index in [9.17, 15) is 20.1 Å². The minimum atomic E-state index is -1.31. The Labute approximate surface area is 181 Å². The molecule has 8 heteroatoms. The van der Waals surface area contributed by atoms with Gasteiger partial charge in [-0.3, -0.25) is 9.78 Å². The van der Waals surface area contributed by atoms with Crippen molar-refractivity contribution >= 4 is 11.9 Å². The largest absolute Gasteiger partial charge is 0.496 e. The molecule has 8 nitrogen and oxygen atoms in total. The number of rotatable bonds is 6. The average Bonchev–Trinajstić information content (AvgIpc) is 2.72. The summed E-state index contributed by atoms with van der Waals surface area (Å²) in [5, 5.41) is 18.9. The van der Waals surface area contributed by atoms with E-state index in [1.54, 1.807) is 45.9 Å². The van der Waals surface area contributed by atoms with Crippen molar-refractivity contribution in [2.24, 2.45) is 0 Å². The molecule has 0 saturated heterocycles. The first kappa shape index (κ1) is 23.4. The number of methoxy groups -OCH3 is 1. The number of hydrogen-bond donors (Lipinski definition) is 0. The molecule has 1 atom stereocenters. The molecule has 0 aliphatic heterocycles. The van der Waals surface area contributed by atoms with Gasteiger partial charge in [-0.15, -0.1) is 0 Å². The van der Waals surface area contributed by atoms with E-state index < -0.39 is 23.5 Å². The van der Waals surface area contributed by atoms with Crippen LogP contribution in [0, 0.1) is 22.7 Å². The van der Waals surface area contributed by atoms with E-state index in [0.717, 1.165) is 0 Å². The quantitative estimate of drug-likeness (QED) is 0.646. The SMILES string of the molecule is CCOC(=O)c1cnc(C(C#N)C(=O)OC(C)(C)C)cc1-c1cc(C#N)ccc1OC. The standard InChI is InChI=1S/C23H23N3O5/c1-6-30-21(27)18-13-26-19(17(12-25)22(28)31-23(2,3)4)10-15(18)16-9-14(11-24)7-8-20(16)29-5/h7-10,13,17H,6H2,1-5H3. The summed E-state index contributed by atoms with van der Waals surface area (Å²) in [5.74, 6) is -2.30. The van der Waals surface area contributed by atoms with Crippen LogP contribution in [0.5, 0.6) is 5.75 Å². The number of esters is 2. The third kappa shape index (κ3) is 5.58. The number of ether oxygens (including phenoxy) is 3. The maximum absolute atomic E-state index is 12.5. The van der Waals surface area contributed by atoms with Crippen LogP contribution in [0.25, 0.3) is 11.1 Å². The Kier molecular flexibility index (Phi) is 7.33. The minimum Gasteiger partial charge on any atom is -0.496 e. The lowest BCUT2D eigenvalue weighted by Gasteiger charge is -2.21. The van der Waals surface area contributed by atoms with E-state index in [1.807, 2.05) is 12.1 Å². The van der Waals surface area contributed by atoms with Gasteiger partial charge in [0.2, 0.25) is 0 Å². The average molecular weight is 421 g/mol. The van der Waals surface area contributed by atoms with Crippen molar-refractivity contribution < 1.29 is 23.8 Å². The molecule has 0 spiro atoms. The van der Waals surface area contributed by atoms with Crippen molar-refractivity contribution in [1.82, 2.24) is 4.98 Å². The fourth-order valence-corrected chi connectivity index (χ4v) is 2.81. The summed E-state index contributed by atoms with van der Waals surface area (Å²) in [6, 6.07) is 10.1. The molecular formula is C23H23N3O5. The van der Waals surface area contributed by atoms with Crippen LogP contribution in [-0.2, 0) is 14.3 Å². The maximum Gasteiger partial charge on any atom is 0.340 e. The molecule has 1 aromatic heterocycles. The van der Waals surface area contributed by atoms with Crippen LogP contribution >= 0.6 is 0 Å². The van der Waals surface area contributed by atoms with Gasteiger partial charge < -0.3 is 14.2 Å². The van der Waals surface area contributed by atoms with Crippen molar-refractivity contribution in [2.75, 3.05) is 13.7 Å². The van der Waals surface area contributed by atoms with Gasteiger partial charge in [-0.25, -0.2) is 4.79 Å². The number of pyridine rings is 1. The van der Waals surface area contributed by atoms with Crippen LogP contribution in [0.3, 0.4) is 0 Å². The number of hydrogen-bond acceptors (Lipinski definition) is 8. The second-order valence-electron chi connectivity index (χ2n) is 7.50. The normalized spacial score (nSPS) is 11.6. The van der Waals surface area contributed by atoms with Gasteiger partial charge in [0.1, 0.15) is 11.4 Å². The van der Waals surface area contributed by atoms with Gasteiger partial charge in [-0.05, 0) is 52.0 Å². The Morgan fingerprint density at radius 2 is 1.87 bits per heavy atom. The van der Waals surface area contributed by atoms with E-state index in [2.05, 4.69) is 4.98 Å². The predicted molar refractivity (Wildman–Crippen MR) is 111 cm³/mol. The summed E-state index contributed by atoms with van der Waals surface area (Å²) >= 11 is 0. The summed E-state index contributed by atoms with van der Waals surface area (Å²) in [6.07, 6.45) is 1.25. The van der Waals surface area contributed by atoms with Crippen LogP contribution < -0.4 is 4.74 Å². The Morgan fingerprint density at radius 1 is 1.16 bits per heavy atom. The van der Waals surface area contributed by atoms with Gasteiger partial charge in [0.05, 0.1) is 42.7 Å². The van der Waals surface area contributed by atoms with Crippen molar-refractivity contribution in [3.8, 4) is 29.0 Å². The molecule has 0 bridgehead atoms. The van der Waals surface area contributed by atoms with Crippen LogP contribution in [0.4, 0.5) is 0 Å². The highest BCUT2D eigenvalue weighted by atomic mass is 16.6. The molecule has 0 amide bonds. The number of nitriles is 2. The second-order valence-corrected chi connectivity index (χ2v) is 7.50. The first-order valence-electron chi connectivity index (χ1n) is 9.53. The summed E-state index contributed by atoms with van der Waals surface area (Å²) in [6.45, 7) is 6.90. The highest BCUT2D eigenvalue weighted by molar-refractivity contribution is 5.98. The third-order valence-electron chi connectivity index (χ3n) is 4.11. The summed E-state index contributed by atoms with van der Waals surface area (Å²) in [7, 11) is 1.45. The van der Waals surface area contributed by atoms with Gasteiger partial charge in [0, 0.05) is 17.3 Å². The smallest absolute Gasteiger partial charge is 0.340 e. The molecule has 0 aliphatic carbocycles. The van der Waals surface area contributed by atoms with Gasteiger partial charge in [-0.2, -0.15) is 10.5 Å². The molecule has 0 aliphatic rings. The van der Waals surface area contributed by atoms with Crippen LogP contribution in [0.15, 0.2) is 30.5 Å². The zero-order chi connectivity index (χ0) is 23.2. The summed E-state index contributed by atoms with van der Waals surface area (Å²) in [4.78, 5) is 29.2. The third-order valence-corrected chi connectivity index (χ3v) is 4.11. The van der Waals surface area contributed by atoms with Crippen molar-refractivity contribution in [3.63, 3.8) is 0 Å². The Morgan fingerprint density at radius 3 is 2.42 bits per heavy atom. The topological polar surface area (TPSA) is 122 Å². The molecule has 1 heterocycles. The monoisotopic (exact) mass is 421 g/mol. The lowest BCUT2D eigenvalue weighted by Crippen LogP contribution is -2.27. The zero-order valence-electron chi connectivity index (χ0n) is 18.1. The fourth-order valence-electron chi connectivity index (χ4n) is 2.81. The first-order chi connectivity index (χ1) is 14.6. The molecule has 0 N–H and O–H groups in total. The van der Waals surface area contributed by atoms with E-state index in [-0.39, 0.29) is 17.9 Å². The second kappa shape index (κ2) is 9.73. The van der Waals surface area contributed by atoms with Crippen LogP contribution in [0.1, 0.15) is 55.2 Å². The molecule has 0 saturated carbocycles. The number of carbonyl (C=O) groups excluding carboxylic acids is 2. The van der Waals surface area contributed by atoms with Crippen molar-refractivity contribution in [2.45, 2.75) is 39.2 Å². The number of carbonyl (C=O) groups is 2. The number of benzene rings is 1. The molecule has 2 aromatic rings. The van der Waals surface area contributed by atoms with E-state index in [1.165, 1.54) is 19.4 Å². The number of nitrogens with zero attached hydrogens (tertiary/aromatic N) is 3. The van der Waals surface area contributed by atoms with Crippen molar-refractivity contribution in [1.29, 1.82) is 10.5 Å². The van der Waals surface area contributed by atoms with Gasteiger partial charge >= 0.3 is 11.9 Å². The van der Waals surface area contributed by atoms with Crippen LogP contribution in [-0.4, -0.2) is 36.2 Å². The molecule has 1 unspecified atom stereocenters. The molecule has 31 heavy (non-hydrogen) atoms. The van der Waals surface area contributed by atoms with Gasteiger partial charge in [-0.1, -0.05) is 0 Å². The van der Waals surface area contributed by atoms with Crippen molar-refractivity contribution in [3.05, 3.63) is 47.3 Å². The minimum absolute atomic E-state index is 0.101. The Hall–Kier alpha value is -3.91. The molecule has 1 aromatic carbocycles. The first-order valence-corrected chi connectivity index (χ1v) is 9.53. The summed E-state index contributed by atoms with van der Waals surface area (Å²) < 4.78 is 15.8. The van der Waals surface area contributed by atoms with E-state index in [4.69, 9.17) is 14.2 Å². The highest BCUT2D eigenvalue weighted by Gasteiger charge is 2.29. The fraction of sp³-hybridized carbons (Fsp3) is 0.348. The van der Waals surface area contributed by atoms with Gasteiger partial charge in [0.15, 0.2) is 5.92 Å².